The van der Waals surface area contributed by atoms with Crippen LogP contribution in [0, 0.1) is 17.8 Å². The van der Waals surface area contributed by atoms with Crippen LogP contribution >= 0.6 is 0 Å². The van der Waals surface area contributed by atoms with Crippen molar-refractivity contribution < 1.29 is 4.79 Å². The van der Waals surface area contributed by atoms with Gasteiger partial charge >= 0.3 is 0 Å². The van der Waals surface area contributed by atoms with E-state index in [1.807, 2.05) is 11.9 Å². The first-order valence-electron chi connectivity index (χ1n) is 6.51. The van der Waals surface area contributed by atoms with Gasteiger partial charge in [-0.25, -0.2) is 0 Å². The van der Waals surface area contributed by atoms with Crippen molar-refractivity contribution in [3.8, 4) is 0 Å². The monoisotopic (exact) mass is 207 g/mol. The van der Waals surface area contributed by atoms with Crippen molar-refractivity contribution in [1.82, 2.24) is 4.90 Å². The summed E-state index contributed by atoms with van der Waals surface area (Å²) < 4.78 is 0. The number of hydrogen-bond donors (Lipinski definition) is 0. The van der Waals surface area contributed by atoms with Gasteiger partial charge in [-0.1, -0.05) is 25.7 Å². The Morgan fingerprint density at radius 1 is 1.07 bits per heavy atom. The molecule has 3 fully saturated rings. The Hall–Kier alpha value is -0.530. The van der Waals surface area contributed by atoms with E-state index < -0.39 is 0 Å². The van der Waals surface area contributed by atoms with Crippen LogP contribution in [-0.2, 0) is 4.79 Å². The molecule has 2 aliphatic carbocycles. The molecule has 15 heavy (non-hydrogen) atoms. The molecule has 2 nitrogen and oxygen atoms in total. The Bertz CT molecular complexity index is 276. The first-order valence-corrected chi connectivity index (χ1v) is 6.51. The Kier molecular flexibility index (Phi) is 2.26. The standard InChI is InChI=1S/C13H21NO/c1-14-12-7-10-5-3-2-4-9(10)6-11(12)8-13(14)15/h9-12H,2-8H2,1H3. The smallest absolute Gasteiger partial charge is 0.222 e. The molecule has 0 radical (unpaired) electrons. The van der Waals surface area contributed by atoms with E-state index in [9.17, 15) is 4.79 Å². The lowest BCUT2D eigenvalue weighted by atomic mass is 9.66. The molecular formula is C13H21NO. The van der Waals surface area contributed by atoms with Crippen LogP contribution in [0.1, 0.15) is 44.9 Å². The lowest BCUT2D eigenvalue weighted by Crippen LogP contribution is -2.40. The third-order valence-electron chi connectivity index (χ3n) is 5.09. The molecule has 1 aliphatic heterocycles. The van der Waals surface area contributed by atoms with Gasteiger partial charge in [-0.3, -0.25) is 4.79 Å². The maximum Gasteiger partial charge on any atom is 0.222 e. The van der Waals surface area contributed by atoms with Crippen molar-refractivity contribution in [1.29, 1.82) is 0 Å². The number of fused-ring (bicyclic) bond motifs is 2. The van der Waals surface area contributed by atoms with Gasteiger partial charge in [-0.2, -0.15) is 0 Å². The summed E-state index contributed by atoms with van der Waals surface area (Å²) in [5, 5.41) is 0. The summed E-state index contributed by atoms with van der Waals surface area (Å²) in [6, 6.07) is 0.594. The summed E-state index contributed by atoms with van der Waals surface area (Å²) in [5.41, 5.74) is 0. The number of hydrogen-bond acceptors (Lipinski definition) is 1. The van der Waals surface area contributed by atoms with Gasteiger partial charge in [0, 0.05) is 19.5 Å². The molecule has 0 aromatic rings. The van der Waals surface area contributed by atoms with Gasteiger partial charge in [0.2, 0.25) is 5.91 Å². The Morgan fingerprint density at radius 3 is 2.47 bits per heavy atom. The number of rotatable bonds is 0. The third kappa shape index (κ3) is 1.49. The van der Waals surface area contributed by atoms with Crippen LogP contribution in [0.25, 0.3) is 0 Å². The average Bonchev–Trinajstić information content (AvgIpc) is 2.52. The highest BCUT2D eigenvalue weighted by molar-refractivity contribution is 5.79. The molecule has 3 aliphatic rings. The lowest BCUT2D eigenvalue weighted by molar-refractivity contribution is -0.127. The quantitative estimate of drug-likeness (QED) is 0.597. The SMILES string of the molecule is CN1C(=O)CC2CC3CCCCC3CC21. The number of nitrogens with zero attached hydrogens (tertiary/aromatic N) is 1. The molecule has 0 bridgehead atoms. The molecule has 84 valence electrons. The molecule has 4 atom stereocenters. The van der Waals surface area contributed by atoms with E-state index in [-0.39, 0.29) is 0 Å². The lowest BCUT2D eigenvalue weighted by Gasteiger charge is -2.42. The van der Waals surface area contributed by atoms with Crippen LogP contribution in [0.2, 0.25) is 0 Å². The average molecular weight is 207 g/mol. The van der Waals surface area contributed by atoms with Gasteiger partial charge in [-0.05, 0) is 30.6 Å². The predicted octanol–water partition coefficient (Wildman–Crippen LogP) is 2.43. The van der Waals surface area contributed by atoms with Crippen molar-refractivity contribution in [2.24, 2.45) is 17.8 Å². The fourth-order valence-electron chi connectivity index (χ4n) is 4.20. The maximum absolute atomic E-state index is 11.7. The molecule has 1 saturated heterocycles. The van der Waals surface area contributed by atoms with E-state index in [1.165, 1.54) is 38.5 Å². The van der Waals surface area contributed by atoms with E-state index in [0.717, 1.165) is 18.3 Å². The predicted molar refractivity (Wildman–Crippen MR) is 59.3 cm³/mol. The zero-order valence-corrected chi connectivity index (χ0v) is 9.61. The maximum atomic E-state index is 11.7. The molecule has 3 rings (SSSR count). The molecular weight excluding hydrogens is 186 g/mol. The van der Waals surface area contributed by atoms with Crippen molar-refractivity contribution >= 4 is 5.91 Å². The van der Waals surface area contributed by atoms with Crippen LogP contribution in [0.4, 0.5) is 0 Å². The van der Waals surface area contributed by atoms with Gasteiger partial charge in [0.25, 0.3) is 0 Å². The molecule has 2 heteroatoms. The first kappa shape index (κ1) is 9.68. The fraction of sp³-hybridized carbons (Fsp3) is 0.923. The van der Waals surface area contributed by atoms with Crippen molar-refractivity contribution in [3.63, 3.8) is 0 Å². The van der Waals surface area contributed by atoms with E-state index in [2.05, 4.69) is 0 Å². The Balaban J connectivity index is 1.76. The molecule has 1 amide bonds. The van der Waals surface area contributed by atoms with Gasteiger partial charge in [0.1, 0.15) is 0 Å². The van der Waals surface area contributed by atoms with Crippen LogP contribution in [-0.4, -0.2) is 23.9 Å². The fourth-order valence-corrected chi connectivity index (χ4v) is 4.20. The summed E-state index contributed by atoms with van der Waals surface area (Å²) in [7, 11) is 2.01. The molecule has 1 heterocycles. The van der Waals surface area contributed by atoms with Gasteiger partial charge in [-0.15, -0.1) is 0 Å². The summed E-state index contributed by atoms with van der Waals surface area (Å²) in [4.78, 5) is 13.7. The van der Waals surface area contributed by atoms with E-state index >= 15 is 0 Å². The number of carbonyl (C=O) groups excluding carboxylic acids is 1. The topological polar surface area (TPSA) is 20.3 Å². The second kappa shape index (κ2) is 3.50. The van der Waals surface area contributed by atoms with Crippen molar-refractivity contribution in [2.45, 2.75) is 51.0 Å². The number of likely N-dealkylation sites (tertiary alicyclic amines) is 1. The highest BCUT2D eigenvalue weighted by Crippen LogP contribution is 2.47. The number of carbonyl (C=O) groups is 1. The van der Waals surface area contributed by atoms with Crippen molar-refractivity contribution in [3.05, 3.63) is 0 Å². The highest BCUT2D eigenvalue weighted by Gasteiger charge is 2.45. The second-order valence-corrected chi connectivity index (χ2v) is 5.81. The molecule has 0 aromatic heterocycles. The zero-order valence-electron chi connectivity index (χ0n) is 9.61. The molecule has 0 spiro atoms. The number of amides is 1. The Labute approximate surface area is 92.0 Å². The Morgan fingerprint density at radius 2 is 1.73 bits per heavy atom. The molecule has 4 unspecified atom stereocenters. The van der Waals surface area contributed by atoms with Crippen molar-refractivity contribution in [2.75, 3.05) is 7.05 Å². The minimum Gasteiger partial charge on any atom is -0.342 e. The van der Waals surface area contributed by atoms with Gasteiger partial charge in [0.15, 0.2) is 0 Å². The van der Waals surface area contributed by atoms with Crippen LogP contribution in [0.3, 0.4) is 0 Å². The van der Waals surface area contributed by atoms with Crippen LogP contribution < -0.4 is 0 Å². The molecule has 0 aromatic carbocycles. The highest BCUT2D eigenvalue weighted by atomic mass is 16.2. The third-order valence-corrected chi connectivity index (χ3v) is 5.09. The first-order chi connectivity index (χ1) is 7.25. The van der Waals surface area contributed by atoms with Crippen LogP contribution in [0.15, 0.2) is 0 Å². The van der Waals surface area contributed by atoms with E-state index in [1.54, 1.807) is 0 Å². The largest absolute Gasteiger partial charge is 0.342 e. The normalized spacial score (nSPS) is 45.1. The summed E-state index contributed by atoms with van der Waals surface area (Å²) in [5.74, 6) is 2.98. The van der Waals surface area contributed by atoms with Gasteiger partial charge < -0.3 is 4.90 Å². The van der Waals surface area contributed by atoms with Crippen LogP contribution in [0.5, 0.6) is 0 Å². The summed E-state index contributed by atoms with van der Waals surface area (Å²) >= 11 is 0. The minimum atomic E-state index is 0.392. The molecule has 2 saturated carbocycles. The minimum absolute atomic E-state index is 0.392. The summed E-state index contributed by atoms with van der Waals surface area (Å²) in [6.45, 7) is 0. The molecule has 0 N–H and O–H groups in total. The van der Waals surface area contributed by atoms with E-state index in [4.69, 9.17) is 0 Å². The van der Waals surface area contributed by atoms with E-state index in [0.29, 0.717) is 17.9 Å². The summed E-state index contributed by atoms with van der Waals surface area (Å²) in [6.07, 6.45) is 9.20. The van der Waals surface area contributed by atoms with Gasteiger partial charge in [0.05, 0.1) is 0 Å². The second-order valence-electron chi connectivity index (χ2n) is 5.81. The zero-order chi connectivity index (χ0) is 10.4.